The molecular formula is C18H22N2O4S. The number of rotatable bonds is 7. The van der Waals surface area contributed by atoms with Crippen molar-refractivity contribution in [1.82, 2.24) is 5.32 Å². The molecule has 0 heterocycles. The average Bonchev–Trinajstić information content (AvgIpc) is 2.54. The molecule has 0 saturated heterocycles. The van der Waals surface area contributed by atoms with Gasteiger partial charge in [0.1, 0.15) is 12.4 Å². The van der Waals surface area contributed by atoms with Crippen molar-refractivity contribution >= 4 is 21.6 Å². The van der Waals surface area contributed by atoms with Gasteiger partial charge in [-0.15, -0.1) is 0 Å². The van der Waals surface area contributed by atoms with Crippen molar-refractivity contribution in [2.75, 3.05) is 24.1 Å². The lowest BCUT2D eigenvalue weighted by Gasteiger charge is -2.10. The van der Waals surface area contributed by atoms with Gasteiger partial charge in [0.2, 0.25) is 10.0 Å². The van der Waals surface area contributed by atoms with Crippen LogP contribution in [0.4, 0.5) is 5.69 Å². The summed E-state index contributed by atoms with van der Waals surface area (Å²) in [6, 6.07) is 12.1. The number of nitrogens with one attached hydrogen (secondary N) is 2. The number of hydrogen-bond donors (Lipinski definition) is 2. The molecule has 7 heteroatoms. The molecule has 0 radical (unpaired) electrons. The molecule has 2 aromatic carbocycles. The van der Waals surface area contributed by atoms with Gasteiger partial charge in [0.05, 0.1) is 12.8 Å². The quantitative estimate of drug-likeness (QED) is 0.741. The third-order valence-electron chi connectivity index (χ3n) is 3.59. The maximum absolute atomic E-state index is 12.0. The van der Waals surface area contributed by atoms with E-state index < -0.39 is 10.0 Å². The zero-order valence-corrected chi connectivity index (χ0v) is 15.3. The molecule has 0 spiro atoms. The summed E-state index contributed by atoms with van der Waals surface area (Å²) in [5.41, 5.74) is 3.22. The Labute approximate surface area is 148 Å². The Balaban J connectivity index is 1.80. The summed E-state index contributed by atoms with van der Waals surface area (Å²) in [6.07, 6.45) is 1.07. The van der Waals surface area contributed by atoms with Crippen LogP contribution in [0.3, 0.4) is 0 Å². The van der Waals surface area contributed by atoms with Crippen LogP contribution < -0.4 is 14.8 Å². The average molecular weight is 362 g/mol. The molecule has 2 N–H and O–H groups in total. The highest BCUT2D eigenvalue weighted by Gasteiger charge is 2.07. The highest BCUT2D eigenvalue weighted by molar-refractivity contribution is 7.92. The fourth-order valence-electron chi connectivity index (χ4n) is 2.14. The highest BCUT2D eigenvalue weighted by atomic mass is 32.2. The van der Waals surface area contributed by atoms with Crippen LogP contribution in [-0.2, 0) is 10.0 Å². The molecule has 0 saturated carbocycles. The van der Waals surface area contributed by atoms with Crippen molar-refractivity contribution in [3.05, 3.63) is 59.2 Å². The molecule has 0 aliphatic heterocycles. The van der Waals surface area contributed by atoms with E-state index in [0.29, 0.717) is 24.4 Å². The van der Waals surface area contributed by atoms with E-state index in [1.807, 2.05) is 32.0 Å². The van der Waals surface area contributed by atoms with Gasteiger partial charge < -0.3 is 10.1 Å². The SMILES string of the molecule is Cc1ccc(OCCNC(=O)c2ccc(NS(C)(=O)=O)cc2)cc1C. The smallest absolute Gasteiger partial charge is 0.251 e. The van der Waals surface area contributed by atoms with Gasteiger partial charge in [-0.05, 0) is 61.4 Å². The van der Waals surface area contributed by atoms with Crippen LogP contribution in [0.5, 0.6) is 5.75 Å². The minimum absolute atomic E-state index is 0.241. The van der Waals surface area contributed by atoms with E-state index in [9.17, 15) is 13.2 Å². The van der Waals surface area contributed by atoms with Crippen molar-refractivity contribution in [3.63, 3.8) is 0 Å². The molecule has 6 nitrogen and oxygen atoms in total. The van der Waals surface area contributed by atoms with E-state index in [2.05, 4.69) is 10.0 Å². The summed E-state index contributed by atoms with van der Waals surface area (Å²) in [4.78, 5) is 12.0. The van der Waals surface area contributed by atoms with Gasteiger partial charge in [0, 0.05) is 11.3 Å². The lowest BCUT2D eigenvalue weighted by molar-refractivity contribution is 0.0947. The van der Waals surface area contributed by atoms with E-state index in [1.54, 1.807) is 24.3 Å². The van der Waals surface area contributed by atoms with Crippen LogP contribution in [-0.4, -0.2) is 33.7 Å². The second kappa shape index (κ2) is 8.02. The van der Waals surface area contributed by atoms with Crippen LogP contribution in [0.2, 0.25) is 0 Å². The maximum Gasteiger partial charge on any atom is 0.251 e. The van der Waals surface area contributed by atoms with Crippen molar-refractivity contribution < 1.29 is 17.9 Å². The Morgan fingerprint density at radius 3 is 2.32 bits per heavy atom. The summed E-state index contributed by atoms with van der Waals surface area (Å²) >= 11 is 0. The molecule has 0 aliphatic rings. The van der Waals surface area contributed by atoms with Gasteiger partial charge >= 0.3 is 0 Å². The van der Waals surface area contributed by atoms with Gasteiger partial charge in [-0.2, -0.15) is 0 Å². The molecule has 0 unspecified atom stereocenters. The summed E-state index contributed by atoms with van der Waals surface area (Å²) in [5.74, 6) is 0.531. The lowest BCUT2D eigenvalue weighted by Crippen LogP contribution is -2.28. The molecule has 134 valence electrons. The number of anilines is 1. The van der Waals surface area contributed by atoms with Gasteiger partial charge in [0.25, 0.3) is 5.91 Å². The summed E-state index contributed by atoms with van der Waals surface area (Å²) < 4.78 is 30.2. The predicted molar refractivity (Wildman–Crippen MR) is 98.7 cm³/mol. The topological polar surface area (TPSA) is 84.5 Å². The van der Waals surface area contributed by atoms with Crippen LogP contribution >= 0.6 is 0 Å². The fraction of sp³-hybridized carbons (Fsp3) is 0.278. The predicted octanol–water partition coefficient (Wildman–Crippen LogP) is 2.48. The standard InChI is InChI=1S/C18H22N2O4S/c1-13-4-9-17(12-14(13)2)24-11-10-19-18(21)15-5-7-16(8-6-15)20-25(3,22)23/h4-9,12,20H,10-11H2,1-3H3,(H,19,21). The van der Waals surface area contributed by atoms with Crippen molar-refractivity contribution in [3.8, 4) is 5.75 Å². The van der Waals surface area contributed by atoms with Crippen molar-refractivity contribution in [2.24, 2.45) is 0 Å². The first kappa shape index (κ1) is 18.8. The van der Waals surface area contributed by atoms with Crippen LogP contribution in [0, 0.1) is 13.8 Å². The lowest BCUT2D eigenvalue weighted by atomic mass is 10.1. The highest BCUT2D eigenvalue weighted by Crippen LogP contribution is 2.16. The number of benzene rings is 2. The first-order chi connectivity index (χ1) is 11.7. The fourth-order valence-corrected chi connectivity index (χ4v) is 2.71. The van der Waals surface area contributed by atoms with E-state index >= 15 is 0 Å². The molecule has 2 aromatic rings. The van der Waals surface area contributed by atoms with Gasteiger partial charge in [0.15, 0.2) is 0 Å². The Bertz CT molecular complexity index is 846. The molecule has 0 atom stereocenters. The number of sulfonamides is 1. The molecule has 2 rings (SSSR count). The number of aryl methyl sites for hydroxylation is 2. The first-order valence-electron chi connectivity index (χ1n) is 7.81. The monoisotopic (exact) mass is 362 g/mol. The van der Waals surface area contributed by atoms with Crippen LogP contribution in [0.1, 0.15) is 21.5 Å². The first-order valence-corrected chi connectivity index (χ1v) is 9.70. The number of amides is 1. The minimum atomic E-state index is -3.33. The van der Waals surface area contributed by atoms with E-state index in [4.69, 9.17) is 4.74 Å². The zero-order chi connectivity index (χ0) is 18.4. The Kier molecular flexibility index (Phi) is 6.03. The molecule has 0 aliphatic carbocycles. The van der Waals surface area contributed by atoms with E-state index in [-0.39, 0.29) is 5.91 Å². The maximum atomic E-state index is 12.0. The van der Waals surface area contributed by atoms with Gasteiger partial charge in [-0.1, -0.05) is 6.07 Å². The summed E-state index contributed by atoms with van der Waals surface area (Å²) in [5, 5.41) is 2.76. The normalized spacial score (nSPS) is 11.0. The van der Waals surface area contributed by atoms with Crippen molar-refractivity contribution in [2.45, 2.75) is 13.8 Å². The number of carbonyl (C=O) groups is 1. The van der Waals surface area contributed by atoms with Gasteiger partial charge in [-0.3, -0.25) is 9.52 Å². The molecule has 0 fully saturated rings. The van der Waals surface area contributed by atoms with Gasteiger partial charge in [-0.25, -0.2) is 8.42 Å². The van der Waals surface area contributed by atoms with Crippen LogP contribution in [0.25, 0.3) is 0 Å². The second-order valence-corrected chi connectivity index (χ2v) is 7.55. The van der Waals surface area contributed by atoms with E-state index in [0.717, 1.165) is 17.6 Å². The number of hydrogen-bond acceptors (Lipinski definition) is 4. The minimum Gasteiger partial charge on any atom is -0.492 e. The largest absolute Gasteiger partial charge is 0.492 e. The number of carbonyl (C=O) groups excluding carboxylic acids is 1. The third kappa shape index (κ3) is 6.11. The molecule has 0 bridgehead atoms. The van der Waals surface area contributed by atoms with Crippen molar-refractivity contribution in [1.29, 1.82) is 0 Å². The van der Waals surface area contributed by atoms with E-state index in [1.165, 1.54) is 5.56 Å². The Morgan fingerprint density at radius 1 is 1.04 bits per heavy atom. The second-order valence-electron chi connectivity index (χ2n) is 5.80. The zero-order valence-electron chi connectivity index (χ0n) is 14.5. The summed E-state index contributed by atoms with van der Waals surface area (Å²) in [7, 11) is -3.33. The Morgan fingerprint density at radius 2 is 1.72 bits per heavy atom. The molecular weight excluding hydrogens is 340 g/mol. The molecule has 25 heavy (non-hydrogen) atoms. The number of ether oxygens (including phenoxy) is 1. The molecule has 1 amide bonds. The third-order valence-corrected chi connectivity index (χ3v) is 4.19. The molecule has 0 aromatic heterocycles. The van der Waals surface area contributed by atoms with Crippen LogP contribution in [0.15, 0.2) is 42.5 Å². The Hall–Kier alpha value is -2.54. The summed E-state index contributed by atoms with van der Waals surface area (Å²) in [6.45, 7) is 4.79.